The quantitative estimate of drug-likeness (QED) is 0.299. The Kier molecular flexibility index (Phi) is 3.76. The van der Waals surface area contributed by atoms with Gasteiger partial charge in [0, 0.05) is 1.37 Å². The van der Waals surface area contributed by atoms with Crippen LogP contribution in [0.5, 0.6) is 0 Å². The van der Waals surface area contributed by atoms with Crippen LogP contribution in [0.4, 0.5) is 0 Å². The van der Waals surface area contributed by atoms with E-state index in [4.69, 9.17) is 16.7 Å². The van der Waals surface area contributed by atoms with Crippen LogP contribution in [0.1, 0.15) is 8.27 Å². The number of aldehydes is 1. The Morgan fingerprint density at radius 1 is 1.54 bits per heavy atom. The predicted molar refractivity (Wildman–Crippen MR) is 41.8 cm³/mol. The van der Waals surface area contributed by atoms with E-state index in [0.717, 1.165) is 0 Å². The van der Waals surface area contributed by atoms with E-state index >= 15 is 0 Å². The van der Waals surface area contributed by atoms with Crippen molar-refractivity contribution in [1.82, 2.24) is 0 Å². The topological polar surface area (TPSA) is 118 Å². The molecule has 0 aromatic rings. The normalized spacial score (nSPS) is 23.9. The number of rotatable bonds is 5. The molecule has 78 valence electrons. The Morgan fingerprint density at radius 3 is 2.38 bits per heavy atom. The number of aliphatic hydroxyl groups excluding tert-OH is 4. The van der Waals surface area contributed by atoms with Gasteiger partial charge in [-0.15, -0.1) is 0 Å². The largest absolute Gasteiger partial charge is 0.394 e. The molecular weight excluding hydrogens is 180 g/mol. The molecule has 0 heterocycles. The molecule has 0 rings (SSSR count). The standard InChI is InChI=1S/C7H14O6/c1-7(13,5(11)3-9)6(12)4(10)2-8/h3-6,8,10-13H,2H2,1H3/t4-,5+,6-,7+/m1/s1/i1D. The first-order chi connectivity index (χ1) is 6.43. The van der Waals surface area contributed by atoms with Crippen LogP contribution >= 0.6 is 0 Å². The number of carbonyl (C=O) groups is 1. The molecule has 0 aliphatic rings. The van der Waals surface area contributed by atoms with Gasteiger partial charge in [0.2, 0.25) is 0 Å². The van der Waals surface area contributed by atoms with Gasteiger partial charge in [-0.25, -0.2) is 0 Å². The van der Waals surface area contributed by atoms with E-state index in [1.807, 2.05) is 0 Å². The molecule has 0 radical (unpaired) electrons. The molecule has 0 spiro atoms. The maximum Gasteiger partial charge on any atom is 0.151 e. The lowest BCUT2D eigenvalue weighted by Gasteiger charge is -2.32. The molecule has 0 amide bonds. The van der Waals surface area contributed by atoms with Crippen LogP contribution in [0.15, 0.2) is 0 Å². The summed E-state index contributed by atoms with van der Waals surface area (Å²) in [6.07, 6.45) is -5.73. The maximum atomic E-state index is 10.2. The first-order valence-corrected chi connectivity index (χ1v) is 3.56. The Morgan fingerprint density at radius 2 is 2.08 bits per heavy atom. The van der Waals surface area contributed by atoms with Gasteiger partial charge in [-0.3, -0.25) is 0 Å². The Balaban J connectivity index is 4.74. The molecule has 0 aliphatic carbocycles. The Labute approximate surface area is 76.5 Å². The highest BCUT2D eigenvalue weighted by Crippen LogP contribution is 2.16. The predicted octanol–water partition coefficient (Wildman–Crippen LogP) is -2.99. The zero-order valence-corrected chi connectivity index (χ0v) is 6.87. The molecule has 5 N–H and O–H groups in total. The molecular formula is C7H14O6. The number of hydrogen-bond donors (Lipinski definition) is 5. The molecule has 0 unspecified atom stereocenters. The summed E-state index contributed by atoms with van der Waals surface area (Å²) in [5.41, 5.74) is -2.47. The van der Waals surface area contributed by atoms with Gasteiger partial charge in [-0.2, -0.15) is 0 Å². The van der Waals surface area contributed by atoms with Crippen molar-refractivity contribution in [1.29, 1.82) is 0 Å². The second-order valence-electron chi connectivity index (χ2n) is 2.77. The molecule has 4 atom stereocenters. The van der Waals surface area contributed by atoms with Crippen LogP contribution in [0.25, 0.3) is 0 Å². The molecule has 0 aliphatic heterocycles. The second kappa shape index (κ2) is 4.64. The summed E-state index contributed by atoms with van der Waals surface area (Å²) >= 11 is 0. The van der Waals surface area contributed by atoms with E-state index in [-0.39, 0.29) is 6.29 Å². The van der Waals surface area contributed by atoms with Crippen LogP contribution in [0, 0.1) is 0 Å². The van der Waals surface area contributed by atoms with Gasteiger partial charge in [0.15, 0.2) is 6.29 Å². The molecule has 6 nitrogen and oxygen atoms in total. The SMILES string of the molecule is [2H]C[C@@](O)([C@H](O)[C@H](O)CO)[C@@H](O)C=O. The summed E-state index contributed by atoms with van der Waals surface area (Å²) in [4.78, 5) is 10.2. The van der Waals surface area contributed by atoms with Crippen LogP contribution in [0.2, 0.25) is 0 Å². The van der Waals surface area contributed by atoms with E-state index in [9.17, 15) is 15.0 Å². The molecule has 0 saturated heterocycles. The van der Waals surface area contributed by atoms with Crippen molar-refractivity contribution in [3.8, 4) is 0 Å². The maximum absolute atomic E-state index is 10.2. The Bertz CT molecular complexity index is 189. The molecule has 13 heavy (non-hydrogen) atoms. The number of hydrogen-bond acceptors (Lipinski definition) is 6. The lowest BCUT2D eigenvalue weighted by Crippen LogP contribution is -2.56. The minimum absolute atomic E-state index is 0.0537. The van der Waals surface area contributed by atoms with E-state index in [1.165, 1.54) is 0 Å². The highest BCUT2D eigenvalue weighted by Gasteiger charge is 2.41. The smallest absolute Gasteiger partial charge is 0.151 e. The minimum atomic E-state index is -2.47. The Hall–Kier alpha value is -0.530. The zero-order chi connectivity index (χ0) is 11.4. The number of carbonyl (C=O) groups excluding carboxylic acids is 1. The van der Waals surface area contributed by atoms with Gasteiger partial charge in [0.25, 0.3) is 0 Å². The van der Waals surface area contributed by atoms with Crippen molar-refractivity contribution < 1.29 is 31.7 Å². The van der Waals surface area contributed by atoms with Crippen molar-refractivity contribution in [3.63, 3.8) is 0 Å². The summed E-state index contributed by atoms with van der Waals surface area (Å²) in [5, 5.41) is 45.1. The van der Waals surface area contributed by atoms with Crippen molar-refractivity contribution >= 4 is 6.29 Å². The molecule has 0 fully saturated rings. The van der Waals surface area contributed by atoms with Crippen LogP contribution in [-0.4, -0.2) is 62.3 Å². The molecule has 0 aromatic heterocycles. The van der Waals surface area contributed by atoms with Gasteiger partial charge in [0.05, 0.1) is 6.61 Å². The van der Waals surface area contributed by atoms with Crippen LogP contribution in [0.3, 0.4) is 0 Å². The molecule has 6 heteroatoms. The summed E-state index contributed by atoms with van der Waals surface area (Å²) < 4.78 is 6.87. The molecule has 0 saturated carbocycles. The molecule has 0 aromatic carbocycles. The van der Waals surface area contributed by atoms with E-state index in [0.29, 0.717) is 0 Å². The van der Waals surface area contributed by atoms with Crippen molar-refractivity contribution in [3.05, 3.63) is 0 Å². The summed E-state index contributed by atoms with van der Waals surface area (Å²) in [6.45, 7) is -1.74. The fourth-order valence-corrected chi connectivity index (χ4v) is 0.726. The highest BCUT2D eigenvalue weighted by molar-refractivity contribution is 5.58. The first-order valence-electron chi connectivity index (χ1n) is 4.26. The fourth-order valence-electron chi connectivity index (χ4n) is 0.726. The third-order valence-corrected chi connectivity index (χ3v) is 1.70. The summed E-state index contributed by atoms with van der Waals surface area (Å²) in [6, 6.07) is 0. The fraction of sp³-hybridized carbons (Fsp3) is 0.857. The van der Waals surface area contributed by atoms with Crippen LogP contribution in [-0.2, 0) is 4.79 Å². The van der Waals surface area contributed by atoms with E-state index < -0.39 is 37.4 Å². The van der Waals surface area contributed by atoms with E-state index in [1.54, 1.807) is 0 Å². The average Bonchev–Trinajstić information content (AvgIpc) is 2.24. The summed E-state index contributed by atoms with van der Waals surface area (Å²) in [5.74, 6) is 0. The van der Waals surface area contributed by atoms with Gasteiger partial charge in [0.1, 0.15) is 23.9 Å². The lowest BCUT2D eigenvalue weighted by molar-refractivity contribution is -0.173. The second-order valence-corrected chi connectivity index (χ2v) is 2.77. The summed E-state index contributed by atoms with van der Waals surface area (Å²) in [7, 11) is 0. The van der Waals surface area contributed by atoms with Crippen molar-refractivity contribution in [2.75, 3.05) is 6.61 Å². The van der Waals surface area contributed by atoms with E-state index in [2.05, 4.69) is 0 Å². The number of aliphatic hydroxyl groups is 5. The third kappa shape index (κ3) is 2.71. The van der Waals surface area contributed by atoms with Crippen molar-refractivity contribution in [2.45, 2.75) is 30.8 Å². The molecule has 0 bridgehead atoms. The average molecular weight is 195 g/mol. The monoisotopic (exact) mass is 195 g/mol. The van der Waals surface area contributed by atoms with Gasteiger partial charge >= 0.3 is 0 Å². The van der Waals surface area contributed by atoms with Gasteiger partial charge in [-0.1, -0.05) is 0 Å². The minimum Gasteiger partial charge on any atom is -0.394 e. The first kappa shape index (κ1) is 10.6. The van der Waals surface area contributed by atoms with Crippen LogP contribution < -0.4 is 0 Å². The zero-order valence-electron chi connectivity index (χ0n) is 7.87. The van der Waals surface area contributed by atoms with Crippen molar-refractivity contribution in [2.24, 2.45) is 0 Å². The van der Waals surface area contributed by atoms with Gasteiger partial charge in [-0.05, 0) is 6.90 Å². The lowest BCUT2D eigenvalue weighted by atomic mass is 9.90. The highest BCUT2D eigenvalue weighted by atomic mass is 16.4. The van der Waals surface area contributed by atoms with Gasteiger partial charge < -0.3 is 30.3 Å². The third-order valence-electron chi connectivity index (χ3n) is 1.70.